The predicted octanol–water partition coefficient (Wildman–Crippen LogP) is -0.524. The van der Waals surface area contributed by atoms with Crippen LogP contribution in [0.15, 0.2) is 23.0 Å². The Morgan fingerprint density at radius 2 is 2.45 bits per heavy atom. The Bertz CT molecular complexity index is 575. The molecule has 1 saturated heterocycles. The van der Waals surface area contributed by atoms with Gasteiger partial charge in [-0.05, 0) is 6.08 Å². The molecule has 0 spiro atoms. The fourth-order valence-corrected chi connectivity index (χ4v) is 4.43. The molecule has 10 heteroatoms. The van der Waals surface area contributed by atoms with Crippen molar-refractivity contribution in [1.29, 1.82) is 0 Å². The number of carbonyl (C=O) groups excluding carboxylic acids is 1. The Balaban J connectivity index is 1.74. The number of nitrogens with one attached hydrogen (secondary N) is 1. The summed E-state index contributed by atoms with van der Waals surface area (Å²) in [5.74, 6) is -0.787. The van der Waals surface area contributed by atoms with Crippen LogP contribution in [0.25, 0.3) is 0 Å². The molecule has 106 valence electrons. The Kier molecular flexibility index (Phi) is 3.44. The van der Waals surface area contributed by atoms with Gasteiger partial charge in [0.1, 0.15) is 22.1 Å². The van der Waals surface area contributed by atoms with Gasteiger partial charge in [0.15, 0.2) is 0 Å². The molecule has 8 nitrogen and oxygen atoms in total. The number of nitrogens with two attached hydrogens (primary N) is 1. The zero-order chi connectivity index (χ0) is 14.3. The number of nitrogens with zero attached hydrogens (tertiary/aromatic N) is 3. The molecule has 4 N–H and O–H groups in total. The summed E-state index contributed by atoms with van der Waals surface area (Å²) in [5, 5.41) is 19.7. The molecular formula is C10H11N5O3S2. The highest BCUT2D eigenvalue weighted by Gasteiger charge is 2.51. The van der Waals surface area contributed by atoms with Crippen molar-refractivity contribution in [2.75, 3.05) is 5.75 Å². The number of aromatic nitrogens is 3. The topological polar surface area (TPSA) is 125 Å². The van der Waals surface area contributed by atoms with Crippen LogP contribution < -0.4 is 5.73 Å². The van der Waals surface area contributed by atoms with Crippen LogP contribution in [-0.2, 0) is 9.59 Å². The smallest absolute Gasteiger partial charge is 0.352 e. The molecule has 1 aromatic rings. The Morgan fingerprint density at radius 1 is 1.65 bits per heavy atom. The van der Waals surface area contributed by atoms with Crippen molar-refractivity contribution >= 4 is 35.4 Å². The number of thioether (sulfide) groups is 2. The first-order valence-corrected chi connectivity index (χ1v) is 7.69. The van der Waals surface area contributed by atoms with E-state index >= 15 is 0 Å². The molecule has 0 radical (unpaired) electrons. The zero-order valence-electron chi connectivity index (χ0n) is 10.1. The number of carbonyl (C=O) groups is 2. The van der Waals surface area contributed by atoms with Crippen LogP contribution in [0.1, 0.15) is 0 Å². The molecule has 2 aliphatic rings. The maximum absolute atomic E-state index is 11.6. The summed E-state index contributed by atoms with van der Waals surface area (Å²) in [6.07, 6.45) is 3.20. The number of aliphatic carboxylic acids is 1. The highest BCUT2D eigenvalue weighted by atomic mass is 32.2. The normalized spacial score (nSPS) is 28.6. The quantitative estimate of drug-likeness (QED) is 0.501. The molecule has 2 aliphatic heterocycles. The van der Waals surface area contributed by atoms with Gasteiger partial charge < -0.3 is 10.8 Å². The number of amides is 1. The summed E-state index contributed by atoms with van der Waals surface area (Å²) >= 11 is 2.99. The van der Waals surface area contributed by atoms with Gasteiger partial charge in [-0.2, -0.15) is 0 Å². The van der Waals surface area contributed by atoms with Gasteiger partial charge >= 0.3 is 5.97 Å². The lowest BCUT2D eigenvalue weighted by molar-refractivity contribution is -0.147. The van der Waals surface area contributed by atoms with Crippen LogP contribution >= 0.6 is 23.5 Å². The first-order valence-electron chi connectivity index (χ1n) is 5.76. The second kappa shape index (κ2) is 5.11. The van der Waals surface area contributed by atoms with E-state index in [-0.39, 0.29) is 22.2 Å². The lowest BCUT2D eigenvalue weighted by Gasteiger charge is -2.48. The van der Waals surface area contributed by atoms with E-state index in [0.29, 0.717) is 5.75 Å². The second-order valence-electron chi connectivity index (χ2n) is 4.29. The van der Waals surface area contributed by atoms with Gasteiger partial charge in [0.25, 0.3) is 0 Å². The molecule has 20 heavy (non-hydrogen) atoms. The largest absolute Gasteiger partial charge is 0.477 e. The van der Waals surface area contributed by atoms with Gasteiger partial charge in [-0.15, -0.1) is 28.6 Å². The number of rotatable bonds is 4. The van der Waals surface area contributed by atoms with Gasteiger partial charge in [0, 0.05) is 11.0 Å². The van der Waals surface area contributed by atoms with Crippen LogP contribution in [-0.4, -0.2) is 59.7 Å². The van der Waals surface area contributed by atoms with E-state index in [0.717, 1.165) is 5.03 Å². The highest BCUT2D eigenvalue weighted by Crippen LogP contribution is 2.41. The molecule has 3 heterocycles. The zero-order valence-corrected chi connectivity index (χ0v) is 11.7. The number of H-pyrrole nitrogens is 1. The van der Waals surface area contributed by atoms with Crippen molar-refractivity contribution in [2.45, 2.75) is 21.7 Å². The van der Waals surface area contributed by atoms with E-state index < -0.39 is 12.0 Å². The number of fused-ring (bicyclic) bond motifs is 1. The lowest BCUT2D eigenvalue weighted by Crippen LogP contribution is -2.68. The Morgan fingerprint density at radius 3 is 3.10 bits per heavy atom. The Labute approximate surface area is 122 Å². The standard InChI is InChI=1S/C10H11N5O3S2/c11-7-8(16)15-5(10(17)18)1-4(20-9(7)15)3-19-6-2-12-14-13-6/h1-2,4,7,9H,3,11H2,(H,17,18)(H,12,13,14)/t4?,7?,9-/m1/s1. The SMILES string of the molecule is NC1C(=O)N2C(C(=O)O)=CC(CSc3cnn[nH]3)S[C@H]12. The third-order valence-corrected chi connectivity index (χ3v) is 5.70. The third-order valence-electron chi connectivity index (χ3n) is 3.02. The number of aromatic amines is 1. The van der Waals surface area contributed by atoms with E-state index in [2.05, 4.69) is 15.4 Å². The van der Waals surface area contributed by atoms with Crippen LogP contribution in [0.3, 0.4) is 0 Å². The summed E-state index contributed by atoms with van der Waals surface area (Å²) in [7, 11) is 0. The summed E-state index contributed by atoms with van der Waals surface area (Å²) < 4.78 is 0. The second-order valence-corrected chi connectivity index (χ2v) is 6.71. The molecule has 0 aliphatic carbocycles. The number of hydrogen-bond donors (Lipinski definition) is 3. The minimum absolute atomic E-state index is 0.0220. The van der Waals surface area contributed by atoms with Gasteiger partial charge in [-0.1, -0.05) is 5.21 Å². The first-order chi connectivity index (χ1) is 9.58. The van der Waals surface area contributed by atoms with Crippen molar-refractivity contribution in [2.24, 2.45) is 5.73 Å². The minimum Gasteiger partial charge on any atom is -0.477 e. The number of carboxylic acids is 1. The fraction of sp³-hybridized carbons (Fsp3) is 0.400. The molecule has 0 aromatic carbocycles. The average molecular weight is 313 g/mol. The lowest BCUT2D eigenvalue weighted by atomic mass is 10.1. The number of hydrogen-bond acceptors (Lipinski definition) is 7. The molecule has 3 rings (SSSR count). The van der Waals surface area contributed by atoms with Crippen molar-refractivity contribution in [3.8, 4) is 0 Å². The van der Waals surface area contributed by atoms with E-state index in [1.165, 1.54) is 28.4 Å². The van der Waals surface area contributed by atoms with E-state index in [1.807, 2.05) is 0 Å². The van der Waals surface area contributed by atoms with Gasteiger partial charge in [-0.25, -0.2) is 4.79 Å². The first kappa shape index (κ1) is 13.5. The number of β-lactam (4-membered cyclic amide) rings is 1. The molecular weight excluding hydrogens is 302 g/mol. The molecule has 0 saturated carbocycles. The van der Waals surface area contributed by atoms with Crippen LogP contribution in [0.5, 0.6) is 0 Å². The predicted molar refractivity (Wildman–Crippen MR) is 72.8 cm³/mol. The van der Waals surface area contributed by atoms with Crippen LogP contribution in [0.4, 0.5) is 0 Å². The maximum Gasteiger partial charge on any atom is 0.352 e. The van der Waals surface area contributed by atoms with Gasteiger partial charge in [0.05, 0.1) is 6.20 Å². The molecule has 3 atom stereocenters. The summed E-state index contributed by atoms with van der Waals surface area (Å²) in [6.45, 7) is 0. The third kappa shape index (κ3) is 2.19. The fourth-order valence-electron chi connectivity index (χ4n) is 2.05. The Hall–Kier alpha value is -1.52. The van der Waals surface area contributed by atoms with Gasteiger partial charge in [-0.3, -0.25) is 14.8 Å². The highest BCUT2D eigenvalue weighted by molar-refractivity contribution is 8.03. The van der Waals surface area contributed by atoms with E-state index in [4.69, 9.17) is 5.73 Å². The summed E-state index contributed by atoms with van der Waals surface area (Å²) in [6, 6.07) is -0.621. The molecule has 1 fully saturated rings. The van der Waals surface area contributed by atoms with Crippen molar-refractivity contribution in [3.05, 3.63) is 18.0 Å². The van der Waals surface area contributed by atoms with E-state index in [1.54, 1.807) is 12.3 Å². The van der Waals surface area contributed by atoms with Gasteiger partial charge in [0.2, 0.25) is 5.91 Å². The monoisotopic (exact) mass is 313 g/mol. The van der Waals surface area contributed by atoms with Crippen LogP contribution in [0.2, 0.25) is 0 Å². The van der Waals surface area contributed by atoms with Crippen molar-refractivity contribution in [1.82, 2.24) is 20.3 Å². The molecule has 2 unspecified atom stereocenters. The van der Waals surface area contributed by atoms with Crippen molar-refractivity contribution in [3.63, 3.8) is 0 Å². The maximum atomic E-state index is 11.6. The number of carboxylic acid groups (broad SMARTS) is 1. The molecule has 0 bridgehead atoms. The average Bonchev–Trinajstić information content (AvgIpc) is 2.96. The van der Waals surface area contributed by atoms with Crippen molar-refractivity contribution < 1.29 is 14.7 Å². The molecule has 1 aromatic heterocycles. The van der Waals surface area contributed by atoms with Crippen LogP contribution in [0, 0.1) is 0 Å². The summed E-state index contributed by atoms with van der Waals surface area (Å²) in [5.41, 5.74) is 5.75. The molecule has 1 amide bonds. The minimum atomic E-state index is -1.10. The van der Waals surface area contributed by atoms with E-state index in [9.17, 15) is 14.7 Å². The summed E-state index contributed by atoms with van der Waals surface area (Å²) in [4.78, 5) is 24.1.